The van der Waals surface area contributed by atoms with Crippen LogP contribution in [0.2, 0.25) is 0 Å². The minimum Gasteiger partial charge on any atom is -0.350 e. The third-order valence-corrected chi connectivity index (χ3v) is 8.83. The summed E-state index contributed by atoms with van der Waals surface area (Å²) in [5.41, 5.74) is 6.50. The summed E-state index contributed by atoms with van der Waals surface area (Å²) in [6.45, 7) is 5.67. The molecular formula is C38H40N6O2. The van der Waals surface area contributed by atoms with Crippen LogP contribution in [0.25, 0.3) is 22.0 Å². The van der Waals surface area contributed by atoms with E-state index in [0.717, 1.165) is 64.7 Å². The Bertz CT molecular complexity index is 1860. The van der Waals surface area contributed by atoms with Gasteiger partial charge in [-0.25, -0.2) is 4.98 Å². The number of carbonyl (C=O) groups is 2. The topological polar surface area (TPSA) is 107 Å². The zero-order chi connectivity index (χ0) is 32.0. The molecule has 46 heavy (non-hydrogen) atoms. The van der Waals surface area contributed by atoms with Gasteiger partial charge in [-0.05, 0) is 60.2 Å². The van der Waals surface area contributed by atoms with E-state index >= 15 is 0 Å². The number of H-pyrrole nitrogens is 1. The molecule has 8 heteroatoms. The second-order valence-corrected chi connectivity index (χ2v) is 12.7. The molecule has 2 heterocycles. The van der Waals surface area contributed by atoms with Gasteiger partial charge < -0.3 is 19.8 Å². The lowest BCUT2D eigenvalue weighted by Crippen LogP contribution is -2.37. The quantitative estimate of drug-likeness (QED) is 0.171. The van der Waals surface area contributed by atoms with Crippen molar-refractivity contribution in [3.05, 3.63) is 108 Å². The molecule has 0 bridgehead atoms. The Balaban J connectivity index is 1.40. The third kappa shape index (κ3) is 6.74. The largest absolute Gasteiger partial charge is 0.350 e. The van der Waals surface area contributed by atoms with Gasteiger partial charge in [0.1, 0.15) is 5.69 Å². The van der Waals surface area contributed by atoms with Gasteiger partial charge in [-0.2, -0.15) is 5.26 Å². The summed E-state index contributed by atoms with van der Waals surface area (Å²) in [7, 11) is 0. The number of hydrogen-bond donors (Lipinski definition) is 2. The molecule has 2 aromatic heterocycles. The zero-order valence-electron chi connectivity index (χ0n) is 26.5. The van der Waals surface area contributed by atoms with Crippen LogP contribution in [-0.4, -0.2) is 32.9 Å². The fourth-order valence-electron chi connectivity index (χ4n) is 6.34. The maximum absolute atomic E-state index is 14.3. The first-order valence-corrected chi connectivity index (χ1v) is 16.2. The van der Waals surface area contributed by atoms with Gasteiger partial charge in [0.2, 0.25) is 5.91 Å². The molecule has 8 nitrogen and oxygen atoms in total. The van der Waals surface area contributed by atoms with Crippen molar-refractivity contribution in [2.45, 2.75) is 59.0 Å². The Hall–Kier alpha value is -5.16. The van der Waals surface area contributed by atoms with Crippen molar-refractivity contribution in [1.82, 2.24) is 19.9 Å². The van der Waals surface area contributed by atoms with Crippen LogP contribution in [-0.2, 0) is 17.9 Å². The predicted molar refractivity (Wildman–Crippen MR) is 181 cm³/mol. The van der Waals surface area contributed by atoms with Gasteiger partial charge in [0.25, 0.3) is 5.91 Å². The minimum atomic E-state index is -0.146. The number of imidazole rings is 1. The normalized spacial score (nSPS) is 13.5. The Morgan fingerprint density at radius 2 is 1.80 bits per heavy atom. The molecule has 6 rings (SSSR count). The second-order valence-electron chi connectivity index (χ2n) is 12.7. The lowest BCUT2D eigenvalue weighted by atomic mass is 9.88. The number of aromatic nitrogens is 3. The number of nitrogens with one attached hydrogen (secondary N) is 2. The molecule has 0 spiro atoms. The van der Waals surface area contributed by atoms with E-state index in [9.17, 15) is 14.9 Å². The summed E-state index contributed by atoms with van der Waals surface area (Å²) in [6.07, 6.45) is 8.69. The number of nitriles is 1. The number of anilines is 1. The fourth-order valence-corrected chi connectivity index (χ4v) is 6.34. The Labute approximate surface area is 270 Å². The molecule has 0 atom stereocenters. The second kappa shape index (κ2) is 13.9. The van der Waals surface area contributed by atoms with E-state index in [1.54, 1.807) is 6.33 Å². The lowest BCUT2D eigenvalue weighted by Gasteiger charge is -2.30. The molecule has 0 radical (unpaired) electrons. The molecule has 1 aliphatic rings. The Morgan fingerprint density at radius 3 is 2.52 bits per heavy atom. The fraction of sp³-hybridized carbons (Fsp3) is 0.316. The number of aromatic amines is 1. The monoisotopic (exact) mass is 612 g/mol. The van der Waals surface area contributed by atoms with Crippen LogP contribution in [0, 0.1) is 23.2 Å². The smallest absolute Gasteiger partial charge is 0.268 e. The molecule has 234 valence electrons. The van der Waals surface area contributed by atoms with Gasteiger partial charge in [-0.3, -0.25) is 9.59 Å². The van der Waals surface area contributed by atoms with Gasteiger partial charge >= 0.3 is 0 Å². The molecule has 2 amide bonds. The number of nitrogens with zero attached hydrogens (tertiary/aromatic N) is 4. The van der Waals surface area contributed by atoms with E-state index in [1.807, 2.05) is 77.8 Å². The van der Waals surface area contributed by atoms with Crippen LogP contribution < -0.4 is 10.2 Å². The highest BCUT2D eigenvalue weighted by Gasteiger charge is 2.29. The molecule has 0 saturated heterocycles. The number of hydrogen-bond acceptors (Lipinski definition) is 4. The van der Waals surface area contributed by atoms with Crippen LogP contribution in [0.4, 0.5) is 5.69 Å². The highest BCUT2D eigenvalue weighted by molar-refractivity contribution is 6.11. The first-order chi connectivity index (χ1) is 22.4. The molecule has 1 saturated carbocycles. The lowest BCUT2D eigenvalue weighted by molar-refractivity contribution is -0.123. The number of amides is 2. The van der Waals surface area contributed by atoms with Gasteiger partial charge in [0.05, 0.1) is 30.2 Å². The molecule has 0 aliphatic heterocycles. The molecule has 2 N–H and O–H groups in total. The molecule has 0 unspecified atom stereocenters. The number of benzene rings is 3. The van der Waals surface area contributed by atoms with Crippen LogP contribution in [0.1, 0.15) is 73.3 Å². The van der Waals surface area contributed by atoms with Crippen molar-refractivity contribution in [1.29, 1.82) is 5.26 Å². The van der Waals surface area contributed by atoms with Crippen LogP contribution >= 0.6 is 0 Å². The number of fused-ring (bicyclic) bond motifs is 1. The van der Waals surface area contributed by atoms with E-state index < -0.39 is 0 Å². The molecule has 1 aliphatic carbocycles. The highest BCUT2D eigenvalue weighted by Crippen LogP contribution is 2.36. The maximum atomic E-state index is 14.3. The average molecular weight is 613 g/mol. The SMILES string of the molecule is CC(C)CNC(=O)c1[nH]c2ccc(N(Cc3cncn3Cc3ccc(C#N)cc3)C(=O)C3CCCCC3)cc2c1-c1ccccc1. The minimum absolute atomic E-state index is 0.0310. The summed E-state index contributed by atoms with van der Waals surface area (Å²) in [4.78, 5) is 37.5. The van der Waals surface area contributed by atoms with Crippen LogP contribution in [0.15, 0.2) is 85.3 Å². The van der Waals surface area contributed by atoms with Crippen molar-refractivity contribution in [2.24, 2.45) is 11.8 Å². The van der Waals surface area contributed by atoms with E-state index in [-0.39, 0.29) is 17.7 Å². The summed E-state index contributed by atoms with van der Waals surface area (Å²) in [5, 5.41) is 13.2. The Kier molecular flexibility index (Phi) is 9.30. The number of carbonyl (C=O) groups excluding carboxylic acids is 2. The maximum Gasteiger partial charge on any atom is 0.268 e. The van der Waals surface area contributed by atoms with Gasteiger partial charge in [-0.15, -0.1) is 0 Å². The van der Waals surface area contributed by atoms with Gasteiger partial charge in [0, 0.05) is 47.4 Å². The van der Waals surface area contributed by atoms with Gasteiger partial charge in [0.15, 0.2) is 0 Å². The molecule has 1 fully saturated rings. The van der Waals surface area contributed by atoms with Crippen molar-refractivity contribution >= 4 is 28.4 Å². The molecule has 3 aromatic carbocycles. The van der Waals surface area contributed by atoms with Crippen LogP contribution in [0.3, 0.4) is 0 Å². The standard InChI is InChI=1S/C38H40N6O2/c1-26(2)21-41-37(45)36-35(29-9-5-3-6-10-29)33-19-31(17-18-34(33)42-36)44(38(46)30-11-7-4-8-12-30)24-32-22-40-25-43(32)23-28-15-13-27(20-39)14-16-28/h3,5-6,9-10,13-19,22,25-26,30,42H,4,7-8,11-12,21,23-24H2,1-2H3,(H,41,45). The molecular weight excluding hydrogens is 572 g/mol. The Morgan fingerprint density at radius 1 is 1.04 bits per heavy atom. The first kappa shape index (κ1) is 30.8. The van der Waals surface area contributed by atoms with E-state index in [1.165, 1.54) is 6.42 Å². The summed E-state index contributed by atoms with van der Waals surface area (Å²) >= 11 is 0. The van der Waals surface area contributed by atoms with E-state index in [4.69, 9.17) is 0 Å². The van der Waals surface area contributed by atoms with E-state index in [2.05, 4.69) is 45.8 Å². The highest BCUT2D eigenvalue weighted by atomic mass is 16.2. The predicted octanol–water partition coefficient (Wildman–Crippen LogP) is 7.45. The summed E-state index contributed by atoms with van der Waals surface area (Å²) in [5.74, 6) is 0.269. The average Bonchev–Trinajstić information content (AvgIpc) is 3.70. The van der Waals surface area contributed by atoms with Crippen LogP contribution in [0.5, 0.6) is 0 Å². The van der Waals surface area contributed by atoms with Crippen molar-refractivity contribution in [3.63, 3.8) is 0 Å². The van der Waals surface area contributed by atoms with Crippen molar-refractivity contribution in [2.75, 3.05) is 11.4 Å². The van der Waals surface area contributed by atoms with E-state index in [0.29, 0.717) is 36.8 Å². The number of rotatable bonds is 10. The van der Waals surface area contributed by atoms with Gasteiger partial charge in [-0.1, -0.05) is 75.6 Å². The van der Waals surface area contributed by atoms with Crippen molar-refractivity contribution < 1.29 is 9.59 Å². The third-order valence-electron chi connectivity index (χ3n) is 8.83. The molecule has 5 aromatic rings. The summed E-state index contributed by atoms with van der Waals surface area (Å²) < 4.78 is 2.06. The van der Waals surface area contributed by atoms with Crippen molar-refractivity contribution in [3.8, 4) is 17.2 Å². The first-order valence-electron chi connectivity index (χ1n) is 16.2. The zero-order valence-corrected chi connectivity index (χ0v) is 26.5. The summed E-state index contributed by atoms with van der Waals surface area (Å²) in [6, 6.07) is 25.7.